The molecule has 1 heterocycles. The number of carbonyl (C=O) groups is 1. The van der Waals surface area contributed by atoms with Crippen molar-refractivity contribution in [1.29, 1.82) is 0 Å². The van der Waals surface area contributed by atoms with Gasteiger partial charge in [-0.1, -0.05) is 11.6 Å². The monoisotopic (exact) mass is 222 g/mol. The molecule has 2 nitrogen and oxygen atoms in total. The van der Waals surface area contributed by atoms with E-state index in [1.165, 1.54) is 6.92 Å². The van der Waals surface area contributed by atoms with Gasteiger partial charge in [0.2, 0.25) is 0 Å². The van der Waals surface area contributed by atoms with Crippen LogP contribution in [-0.2, 0) is 0 Å². The smallest absolute Gasteiger partial charge is 0.195 e. The minimum Gasteiger partial charge on any atom is -0.452 e. The zero-order valence-corrected chi connectivity index (χ0v) is 9.61. The number of fused-ring (bicyclic) bond motifs is 1. The van der Waals surface area contributed by atoms with Gasteiger partial charge in [0.1, 0.15) is 5.58 Å². The first-order valence-corrected chi connectivity index (χ1v) is 5.08. The van der Waals surface area contributed by atoms with Crippen LogP contribution < -0.4 is 0 Å². The van der Waals surface area contributed by atoms with E-state index in [1.54, 1.807) is 0 Å². The molecule has 1 aromatic carbocycles. The van der Waals surface area contributed by atoms with E-state index in [1.807, 2.05) is 26.0 Å². The highest BCUT2D eigenvalue weighted by Gasteiger charge is 2.15. The number of halogens is 1. The molecule has 78 valence electrons. The van der Waals surface area contributed by atoms with Crippen molar-refractivity contribution in [3.05, 3.63) is 34.0 Å². The maximum atomic E-state index is 11.3. The second kappa shape index (κ2) is 3.38. The molecule has 1 aromatic heterocycles. The molecule has 15 heavy (non-hydrogen) atoms. The first-order chi connectivity index (χ1) is 7.00. The van der Waals surface area contributed by atoms with E-state index in [4.69, 9.17) is 16.0 Å². The average molecular weight is 223 g/mol. The largest absolute Gasteiger partial charge is 0.452 e. The summed E-state index contributed by atoms with van der Waals surface area (Å²) < 4.78 is 5.54. The van der Waals surface area contributed by atoms with Gasteiger partial charge in [0.15, 0.2) is 11.5 Å². The summed E-state index contributed by atoms with van der Waals surface area (Å²) in [5.74, 6) is 0.370. The van der Waals surface area contributed by atoms with Crippen LogP contribution in [0.25, 0.3) is 11.0 Å². The van der Waals surface area contributed by atoms with Gasteiger partial charge < -0.3 is 4.42 Å². The first kappa shape index (κ1) is 10.2. The average Bonchev–Trinajstić information content (AvgIpc) is 2.44. The molecular weight excluding hydrogens is 212 g/mol. The quantitative estimate of drug-likeness (QED) is 0.685. The van der Waals surface area contributed by atoms with Crippen LogP contribution >= 0.6 is 11.6 Å². The Hall–Kier alpha value is -1.28. The molecule has 0 N–H and O–H groups in total. The highest BCUT2D eigenvalue weighted by atomic mass is 35.5. The van der Waals surface area contributed by atoms with Gasteiger partial charge in [0.05, 0.1) is 0 Å². The summed E-state index contributed by atoms with van der Waals surface area (Å²) >= 11 is 5.96. The Bertz CT molecular complexity index is 552. The molecule has 0 unspecified atom stereocenters. The minimum absolute atomic E-state index is 0.0563. The topological polar surface area (TPSA) is 30.2 Å². The summed E-state index contributed by atoms with van der Waals surface area (Å²) in [7, 11) is 0. The Labute approximate surface area is 92.8 Å². The number of aryl methyl sites for hydroxylation is 2. The molecule has 0 aliphatic carbocycles. The zero-order chi connectivity index (χ0) is 11.2. The van der Waals surface area contributed by atoms with Crippen molar-refractivity contribution in [3.63, 3.8) is 0 Å². The van der Waals surface area contributed by atoms with Gasteiger partial charge in [-0.3, -0.25) is 4.79 Å². The van der Waals surface area contributed by atoms with Gasteiger partial charge in [-0.25, -0.2) is 0 Å². The number of furan rings is 1. The highest BCUT2D eigenvalue weighted by Crippen LogP contribution is 2.30. The maximum absolute atomic E-state index is 11.3. The third-order valence-electron chi connectivity index (χ3n) is 2.51. The number of carbonyl (C=O) groups excluding carboxylic acids is 1. The normalized spacial score (nSPS) is 10.9. The van der Waals surface area contributed by atoms with Crippen molar-refractivity contribution in [2.24, 2.45) is 0 Å². The van der Waals surface area contributed by atoms with Gasteiger partial charge in [-0.05, 0) is 31.5 Å². The van der Waals surface area contributed by atoms with E-state index in [9.17, 15) is 4.79 Å². The number of Topliss-reactive ketones (excluding diaryl/α,β-unsaturated/α-hetero) is 1. The van der Waals surface area contributed by atoms with Crippen LogP contribution in [0.4, 0.5) is 0 Å². The predicted molar refractivity (Wildman–Crippen MR) is 60.7 cm³/mol. The summed E-state index contributed by atoms with van der Waals surface area (Å²) in [5.41, 5.74) is 2.57. The standard InChI is InChI=1S/C12H11ClO2/c1-6-4-9(13)5-10-7(2)12(8(3)14)15-11(6)10/h4-5H,1-3H3. The molecule has 0 spiro atoms. The van der Waals surface area contributed by atoms with Gasteiger partial charge >= 0.3 is 0 Å². The van der Waals surface area contributed by atoms with E-state index in [0.29, 0.717) is 10.8 Å². The molecule has 0 fully saturated rings. The minimum atomic E-state index is -0.0563. The molecule has 0 aliphatic rings. The Kier molecular flexibility index (Phi) is 2.31. The molecule has 0 radical (unpaired) electrons. The van der Waals surface area contributed by atoms with Crippen molar-refractivity contribution < 1.29 is 9.21 Å². The fourth-order valence-electron chi connectivity index (χ4n) is 1.78. The SMILES string of the molecule is CC(=O)c1oc2c(C)cc(Cl)cc2c1C. The van der Waals surface area contributed by atoms with Crippen LogP contribution in [0.3, 0.4) is 0 Å². The number of rotatable bonds is 1. The lowest BCUT2D eigenvalue weighted by molar-refractivity contribution is 0.0988. The third-order valence-corrected chi connectivity index (χ3v) is 2.73. The van der Waals surface area contributed by atoms with Crippen molar-refractivity contribution in [3.8, 4) is 0 Å². The zero-order valence-electron chi connectivity index (χ0n) is 8.85. The number of ketones is 1. The Balaban J connectivity index is 2.88. The summed E-state index contributed by atoms with van der Waals surface area (Å²) in [6, 6.07) is 3.66. The summed E-state index contributed by atoms with van der Waals surface area (Å²) in [5, 5.41) is 1.59. The third kappa shape index (κ3) is 1.55. The van der Waals surface area contributed by atoms with Crippen LogP contribution in [0, 0.1) is 13.8 Å². The molecule has 0 atom stereocenters. The Morgan fingerprint density at radius 1 is 1.33 bits per heavy atom. The predicted octanol–water partition coefficient (Wildman–Crippen LogP) is 3.91. The lowest BCUT2D eigenvalue weighted by Crippen LogP contribution is -1.90. The lowest BCUT2D eigenvalue weighted by atomic mass is 10.1. The fraction of sp³-hybridized carbons (Fsp3) is 0.250. The summed E-state index contributed by atoms with van der Waals surface area (Å²) in [4.78, 5) is 11.3. The van der Waals surface area contributed by atoms with Crippen LogP contribution in [0.5, 0.6) is 0 Å². The molecule has 0 aliphatic heterocycles. The van der Waals surface area contributed by atoms with Crippen LogP contribution in [0.2, 0.25) is 5.02 Å². The molecule has 2 rings (SSSR count). The molecule has 0 saturated heterocycles. The highest BCUT2D eigenvalue weighted by molar-refractivity contribution is 6.31. The lowest BCUT2D eigenvalue weighted by Gasteiger charge is -1.95. The second-order valence-electron chi connectivity index (χ2n) is 3.71. The number of hydrogen-bond donors (Lipinski definition) is 0. The van der Waals surface area contributed by atoms with Gasteiger partial charge in [-0.15, -0.1) is 0 Å². The van der Waals surface area contributed by atoms with E-state index in [2.05, 4.69) is 0 Å². The molecule has 2 aromatic rings. The van der Waals surface area contributed by atoms with Crippen LogP contribution in [0.15, 0.2) is 16.5 Å². The van der Waals surface area contributed by atoms with Crippen molar-refractivity contribution in [1.82, 2.24) is 0 Å². The number of benzene rings is 1. The number of hydrogen-bond acceptors (Lipinski definition) is 2. The van der Waals surface area contributed by atoms with E-state index in [-0.39, 0.29) is 5.78 Å². The van der Waals surface area contributed by atoms with Crippen LogP contribution in [-0.4, -0.2) is 5.78 Å². The second-order valence-corrected chi connectivity index (χ2v) is 4.15. The van der Waals surface area contributed by atoms with E-state index < -0.39 is 0 Å². The van der Waals surface area contributed by atoms with E-state index in [0.717, 1.165) is 22.1 Å². The van der Waals surface area contributed by atoms with Crippen molar-refractivity contribution in [2.75, 3.05) is 0 Å². The first-order valence-electron chi connectivity index (χ1n) is 4.71. The molecular formula is C12H11ClO2. The van der Waals surface area contributed by atoms with Gasteiger partial charge in [-0.2, -0.15) is 0 Å². The molecule has 0 amide bonds. The van der Waals surface area contributed by atoms with Crippen molar-refractivity contribution in [2.45, 2.75) is 20.8 Å². The Morgan fingerprint density at radius 2 is 2.00 bits per heavy atom. The van der Waals surface area contributed by atoms with Gasteiger partial charge in [0.25, 0.3) is 0 Å². The fourth-order valence-corrected chi connectivity index (χ4v) is 2.05. The van der Waals surface area contributed by atoms with Crippen molar-refractivity contribution >= 4 is 28.4 Å². The summed E-state index contributed by atoms with van der Waals surface area (Å²) in [6.45, 7) is 5.29. The molecule has 0 saturated carbocycles. The Morgan fingerprint density at radius 3 is 2.60 bits per heavy atom. The van der Waals surface area contributed by atoms with E-state index >= 15 is 0 Å². The van der Waals surface area contributed by atoms with Gasteiger partial charge in [0, 0.05) is 22.9 Å². The molecule has 3 heteroatoms. The summed E-state index contributed by atoms with van der Waals surface area (Å²) in [6.07, 6.45) is 0. The maximum Gasteiger partial charge on any atom is 0.195 e. The molecule has 0 bridgehead atoms. The van der Waals surface area contributed by atoms with Crippen LogP contribution in [0.1, 0.15) is 28.6 Å².